The van der Waals surface area contributed by atoms with E-state index in [1.54, 1.807) is 19.1 Å². The van der Waals surface area contributed by atoms with Gasteiger partial charge in [0.05, 0.1) is 30.7 Å². The molecule has 1 aliphatic heterocycles. The summed E-state index contributed by atoms with van der Waals surface area (Å²) in [6, 6.07) is 3.18. The maximum Gasteiger partial charge on any atom is 0.227 e. The molecule has 1 aromatic carbocycles. The Bertz CT molecular complexity index is 730. The fourth-order valence-electron chi connectivity index (χ4n) is 2.76. The number of piperidine rings is 1. The van der Waals surface area contributed by atoms with Crippen LogP contribution in [0, 0.1) is 5.92 Å². The summed E-state index contributed by atoms with van der Waals surface area (Å²) in [7, 11) is -0.197. The zero-order chi connectivity index (χ0) is 18.6. The van der Waals surface area contributed by atoms with Gasteiger partial charge in [-0.2, -0.15) is 0 Å². The van der Waals surface area contributed by atoms with Gasteiger partial charge in [-0.15, -0.1) is 0 Å². The minimum atomic E-state index is -3.20. The number of hydrogen-bond acceptors (Lipinski definition) is 5. The topological polar surface area (TPSA) is 84.9 Å². The van der Waals surface area contributed by atoms with E-state index in [4.69, 9.17) is 21.1 Å². The molecule has 1 aromatic rings. The predicted octanol–water partition coefficient (Wildman–Crippen LogP) is 2.36. The lowest BCUT2D eigenvalue weighted by Gasteiger charge is -2.30. The first-order valence-corrected chi connectivity index (χ1v) is 10.0. The standard InChI is InChI=1S/C16H23ClN2O5S/c1-4-25(21,22)19-7-5-11(6-8-19)16(20)18-13-10-15(24-3)14(23-2)9-12(13)17/h9-11H,4-8H2,1-3H3,(H,18,20). The Labute approximate surface area is 153 Å². The molecule has 0 atom stereocenters. The van der Waals surface area contributed by atoms with E-state index in [0.29, 0.717) is 48.1 Å². The first-order chi connectivity index (χ1) is 11.8. The number of ether oxygens (including phenoxy) is 2. The molecule has 1 fully saturated rings. The number of rotatable bonds is 6. The summed E-state index contributed by atoms with van der Waals surface area (Å²) in [6.45, 7) is 2.33. The minimum Gasteiger partial charge on any atom is -0.493 e. The molecule has 7 nitrogen and oxygen atoms in total. The van der Waals surface area contributed by atoms with Crippen molar-refractivity contribution in [3.8, 4) is 11.5 Å². The zero-order valence-corrected chi connectivity index (χ0v) is 16.1. The summed E-state index contributed by atoms with van der Waals surface area (Å²) in [5, 5.41) is 3.14. The second-order valence-corrected chi connectivity index (χ2v) is 8.41. The summed E-state index contributed by atoms with van der Waals surface area (Å²) in [5.74, 6) is 0.579. The third-order valence-corrected chi connectivity index (χ3v) is 6.51. The van der Waals surface area contributed by atoms with E-state index in [1.807, 2.05) is 0 Å². The van der Waals surface area contributed by atoms with Crippen LogP contribution in [0.2, 0.25) is 5.02 Å². The average molecular weight is 391 g/mol. The number of amides is 1. The fraction of sp³-hybridized carbons (Fsp3) is 0.562. The van der Waals surface area contributed by atoms with Crippen LogP contribution in [-0.4, -0.2) is 51.7 Å². The molecule has 1 N–H and O–H groups in total. The molecule has 1 amide bonds. The van der Waals surface area contributed by atoms with Crippen LogP contribution < -0.4 is 14.8 Å². The molecule has 25 heavy (non-hydrogen) atoms. The van der Waals surface area contributed by atoms with Crippen molar-refractivity contribution in [2.75, 3.05) is 38.4 Å². The van der Waals surface area contributed by atoms with Gasteiger partial charge in [-0.25, -0.2) is 12.7 Å². The highest BCUT2D eigenvalue weighted by atomic mass is 35.5. The van der Waals surface area contributed by atoms with Gasteiger partial charge in [-0.1, -0.05) is 11.6 Å². The Balaban J connectivity index is 2.04. The largest absolute Gasteiger partial charge is 0.493 e. The Morgan fingerprint density at radius 2 is 1.80 bits per heavy atom. The van der Waals surface area contributed by atoms with Crippen LogP contribution in [-0.2, 0) is 14.8 Å². The van der Waals surface area contributed by atoms with Crippen LogP contribution in [0.3, 0.4) is 0 Å². The van der Waals surface area contributed by atoms with E-state index in [-0.39, 0.29) is 17.6 Å². The molecule has 0 aromatic heterocycles. The number of anilines is 1. The second-order valence-electron chi connectivity index (χ2n) is 5.75. The van der Waals surface area contributed by atoms with Gasteiger partial charge in [0.25, 0.3) is 0 Å². The summed E-state index contributed by atoms with van der Waals surface area (Å²) >= 11 is 6.18. The maximum absolute atomic E-state index is 12.5. The molecule has 0 unspecified atom stereocenters. The smallest absolute Gasteiger partial charge is 0.227 e. The zero-order valence-electron chi connectivity index (χ0n) is 14.5. The van der Waals surface area contributed by atoms with E-state index in [0.717, 1.165) is 0 Å². The van der Waals surface area contributed by atoms with Crippen LogP contribution in [0.5, 0.6) is 11.5 Å². The summed E-state index contributed by atoms with van der Waals surface area (Å²) in [6.07, 6.45) is 0.964. The summed E-state index contributed by atoms with van der Waals surface area (Å²) < 4.78 is 35.6. The lowest BCUT2D eigenvalue weighted by molar-refractivity contribution is -0.120. The lowest BCUT2D eigenvalue weighted by atomic mass is 9.97. The Hall–Kier alpha value is -1.51. The number of halogens is 1. The summed E-state index contributed by atoms with van der Waals surface area (Å²) in [5.41, 5.74) is 0.438. The van der Waals surface area contributed by atoms with Gasteiger partial charge >= 0.3 is 0 Å². The van der Waals surface area contributed by atoms with E-state index in [2.05, 4.69) is 5.32 Å². The van der Waals surface area contributed by atoms with Crippen LogP contribution in [0.4, 0.5) is 5.69 Å². The highest BCUT2D eigenvalue weighted by Gasteiger charge is 2.30. The van der Waals surface area contributed by atoms with E-state index in [9.17, 15) is 13.2 Å². The molecular weight excluding hydrogens is 368 g/mol. The van der Waals surface area contributed by atoms with Crippen molar-refractivity contribution in [3.63, 3.8) is 0 Å². The molecule has 9 heteroatoms. The number of benzene rings is 1. The number of carbonyl (C=O) groups is 1. The highest BCUT2D eigenvalue weighted by Crippen LogP contribution is 2.36. The van der Waals surface area contributed by atoms with Crippen molar-refractivity contribution in [3.05, 3.63) is 17.2 Å². The number of carbonyl (C=O) groups excluding carboxylic acids is 1. The molecule has 1 aliphatic rings. The van der Waals surface area contributed by atoms with Gasteiger partial charge in [0, 0.05) is 31.1 Å². The minimum absolute atomic E-state index is 0.0745. The second kappa shape index (κ2) is 8.25. The fourth-order valence-corrected chi connectivity index (χ4v) is 4.10. The monoisotopic (exact) mass is 390 g/mol. The molecule has 1 heterocycles. The Morgan fingerprint density at radius 3 is 2.32 bits per heavy atom. The third-order valence-electron chi connectivity index (χ3n) is 4.31. The van der Waals surface area contributed by atoms with Crippen LogP contribution in [0.15, 0.2) is 12.1 Å². The molecular formula is C16H23ClN2O5S. The van der Waals surface area contributed by atoms with Crippen molar-refractivity contribution < 1.29 is 22.7 Å². The maximum atomic E-state index is 12.5. The Kier molecular flexibility index (Phi) is 6.53. The van der Waals surface area contributed by atoms with Gasteiger partial charge in [0.2, 0.25) is 15.9 Å². The molecule has 2 rings (SSSR count). The molecule has 0 spiro atoms. The quantitative estimate of drug-likeness (QED) is 0.805. The van der Waals surface area contributed by atoms with Crippen molar-refractivity contribution in [2.45, 2.75) is 19.8 Å². The number of sulfonamides is 1. The van der Waals surface area contributed by atoms with Gasteiger partial charge in [0.1, 0.15) is 0 Å². The number of hydrogen-bond donors (Lipinski definition) is 1. The molecule has 0 aliphatic carbocycles. The highest BCUT2D eigenvalue weighted by molar-refractivity contribution is 7.89. The number of nitrogens with zero attached hydrogens (tertiary/aromatic N) is 1. The first-order valence-electron chi connectivity index (χ1n) is 8.02. The van der Waals surface area contributed by atoms with Crippen LogP contribution in [0.25, 0.3) is 0 Å². The molecule has 0 saturated carbocycles. The van der Waals surface area contributed by atoms with Crippen molar-refractivity contribution in [1.82, 2.24) is 4.31 Å². The molecule has 1 saturated heterocycles. The van der Waals surface area contributed by atoms with Gasteiger partial charge in [-0.3, -0.25) is 4.79 Å². The van der Waals surface area contributed by atoms with Crippen LogP contribution >= 0.6 is 11.6 Å². The molecule has 0 bridgehead atoms. The van der Waals surface area contributed by atoms with Crippen molar-refractivity contribution in [2.24, 2.45) is 5.92 Å². The van der Waals surface area contributed by atoms with Gasteiger partial charge in [0.15, 0.2) is 11.5 Å². The third kappa shape index (κ3) is 4.56. The number of methoxy groups -OCH3 is 2. The predicted molar refractivity (Wildman–Crippen MR) is 96.9 cm³/mol. The normalized spacial score (nSPS) is 16.5. The van der Waals surface area contributed by atoms with E-state index in [1.165, 1.54) is 18.5 Å². The van der Waals surface area contributed by atoms with Gasteiger partial charge < -0.3 is 14.8 Å². The molecule has 0 radical (unpaired) electrons. The first kappa shape index (κ1) is 19.8. The van der Waals surface area contributed by atoms with Crippen molar-refractivity contribution in [1.29, 1.82) is 0 Å². The van der Waals surface area contributed by atoms with E-state index < -0.39 is 10.0 Å². The van der Waals surface area contributed by atoms with Crippen LogP contribution in [0.1, 0.15) is 19.8 Å². The lowest BCUT2D eigenvalue weighted by Crippen LogP contribution is -2.42. The van der Waals surface area contributed by atoms with Gasteiger partial charge in [-0.05, 0) is 19.8 Å². The SMILES string of the molecule is CCS(=O)(=O)N1CCC(C(=O)Nc2cc(OC)c(OC)cc2Cl)CC1. The molecule has 140 valence electrons. The average Bonchev–Trinajstić information content (AvgIpc) is 2.62. The Morgan fingerprint density at radius 1 is 1.24 bits per heavy atom. The van der Waals surface area contributed by atoms with E-state index >= 15 is 0 Å². The summed E-state index contributed by atoms with van der Waals surface area (Å²) in [4.78, 5) is 12.5. The number of nitrogens with one attached hydrogen (secondary N) is 1. The van der Waals surface area contributed by atoms with Crippen molar-refractivity contribution >= 4 is 33.2 Å².